The van der Waals surface area contributed by atoms with Crippen LogP contribution in [0.25, 0.3) is 21.5 Å². The molecule has 0 aliphatic carbocycles. The van der Waals surface area contributed by atoms with Crippen molar-refractivity contribution in [2.24, 2.45) is 0 Å². The number of hydrogen-bond donors (Lipinski definition) is 2. The first kappa shape index (κ1) is 15.4. The molecule has 5 nitrogen and oxygen atoms in total. The highest BCUT2D eigenvalue weighted by molar-refractivity contribution is 7.21. The van der Waals surface area contributed by atoms with Crippen LogP contribution in [0.3, 0.4) is 0 Å². The minimum Gasteiger partial charge on any atom is -0.397 e. The maximum atomic E-state index is 12.4. The topological polar surface area (TPSA) is 80.9 Å². The lowest BCUT2D eigenvalue weighted by atomic mass is 10.1. The average Bonchev–Trinajstić information content (AvgIpc) is 2.83. The zero-order chi connectivity index (χ0) is 16.6. The van der Waals surface area contributed by atoms with Gasteiger partial charge >= 0.3 is 0 Å². The van der Waals surface area contributed by atoms with Crippen LogP contribution in [0.4, 0.5) is 5.69 Å². The highest BCUT2D eigenvalue weighted by Gasteiger charge is 2.21. The van der Waals surface area contributed by atoms with Crippen molar-refractivity contribution in [2.45, 2.75) is 26.3 Å². The van der Waals surface area contributed by atoms with Crippen molar-refractivity contribution in [1.82, 2.24) is 15.3 Å². The number of fused-ring (bicyclic) bond motifs is 1. The Labute approximate surface area is 138 Å². The molecule has 1 amide bonds. The monoisotopic (exact) mass is 326 g/mol. The van der Waals surface area contributed by atoms with Gasteiger partial charge in [0.15, 0.2) is 0 Å². The first-order chi connectivity index (χ1) is 10.8. The summed E-state index contributed by atoms with van der Waals surface area (Å²) in [5.41, 5.74) is 8.06. The number of anilines is 1. The number of nitrogens with two attached hydrogens (primary N) is 1. The van der Waals surface area contributed by atoms with Crippen LogP contribution in [0.2, 0.25) is 0 Å². The predicted octanol–water partition coefficient (Wildman–Crippen LogP) is 3.47. The quantitative estimate of drug-likeness (QED) is 0.755. The maximum absolute atomic E-state index is 12.4. The van der Waals surface area contributed by atoms with E-state index >= 15 is 0 Å². The third-order valence-corrected chi connectivity index (χ3v) is 4.36. The fraction of sp³-hybridized carbons (Fsp3) is 0.235. The van der Waals surface area contributed by atoms with E-state index in [1.165, 1.54) is 11.3 Å². The average molecular weight is 326 g/mol. The van der Waals surface area contributed by atoms with Crippen LogP contribution < -0.4 is 11.1 Å². The number of carbonyl (C=O) groups excluding carboxylic acids is 1. The number of nitrogens with zero attached hydrogens (tertiary/aromatic N) is 2. The SMILES string of the molecule is CC(C)(C)NC(=O)c1sc2nc(-c3cccnc3)ccc2c1N. The van der Waals surface area contributed by atoms with Crippen molar-refractivity contribution in [3.05, 3.63) is 41.5 Å². The first-order valence-corrected chi connectivity index (χ1v) is 8.09. The van der Waals surface area contributed by atoms with Crippen LogP contribution in [-0.4, -0.2) is 21.4 Å². The number of hydrogen-bond acceptors (Lipinski definition) is 5. The molecular formula is C17H18N4OS. The fourth-order valence-corrected chi connectivity index (χ4v) is 3.23. The summed E-state index contributed by atoms with van der Waals surface area (Å²) < 4.78 is 0. The Morgan fingerprint density at radius 1 is 1.26 bits per heavy atom. The summed E-state index contributed by atoms with van der Waals surface area (Å²) in [6.07, 6.45) is 3.48. The number of aromatic nitrogens is 2. The predicted molar refractivity (Wildman–Crippen MR) is 94.5 cm³/mol. The molecule has 0 aromatic carbocycles. The number of rotatable bonds is 2. The van der Waals surface area contributed by atoms with Crippen LogP contribution >= 0.6 is 11.3 Å². The summed E-state index contributed by atoms with van der Waals surface area (Å²) in [5, 5.41) is 3.74. The Bertz CT molecular complexity index is 865. The highest BCUT2D eigenvalue weighted by atomic mass is 32.1. The molecule has 0 aliphatic rings. The fourth-order valence-electron chi connectivity index (χ4n) is 2.24. The molecule has 3 heterocycles. The van der Waals surface area contributed by atoms with E-state index in [9.17, 15) is 4.79 Å². The largest absolute Gasteiger partial charge is 0.397 e. The molecule has 3 N–H and O–H groups in total. The van der Waals surface area contributed by atoms with Gasteiger partial charge in [-0.1, -0.05) is 0 Å². The van der Waals surface area contributed by atoms with Gasteiger partial charge in [0.2, 0.25) is 0 Å². The Hall–Kier alpha value is -2.47. The summed E-state index contributed by atoms with van der Waals surface area (Å²) in [6.45, 7) is 5.81. The second kappa shape index (κ2) is 5.62. The number of pyridine rings is 2. The van der Waals surface area contributed by atoms with E-state index in [0.717, 1.165) is 21.5 Å². The Morgan fingerprint density at radius 2 is 2.04 bits per heavy atom. The van der Waals surface area contributed by atoms with Crippen LogP contribution in [-0.2, 0) is 0 Å². The Morgan fingerprint density at radius 3 is 2.70 bits per heavy atom. The van der Waals surface area contributed by atoms with E-state index in [4.69, 9.17) is 5.73 Å². The van der Waals surface area contributed by atoms with Crippen LogP contribution in [0.15, 0.2) is 36.7 Å². The molecule has 0 saturated heterocycles. The molecule has 118 valence electrons. The van der Waals surface area contributed by atoms with Crippen molar-refractivity contribution in [3.8, 4) is 11.3 Å². The van der Waals surface area contributed by atoms with Gasteiger partial charge in [0, 0.05) is 28.9 Å². The van der Waals surface area contributed by atoms with Gasteiger partial charge in [-0.3, -0.25) is 9.78 Å². The van der Waals surface area contributed by atoms with E-state index in [-0.39, 0.29) is 11.4 Å². The Kier molecular flexibility index (Phi) is 3.77. The van der Waals surface area contributed by atoms with Gasteiger partial charge in [0.05, 0.1) is 11.4 Å². The number of thiophene rings is 1. The molecule has 6 heteroatoms. The zero-order valence-electron chi connectivity index (χ0n) is 13.3. The second-order valence-corrected chi connectivity index (χ2v) is 7.34. The van der Waals surface area contributed by atoms with Crippen LogP contribution in [0, 0.1) is 0 Å². The third kappa shape index (κ3) is 3.17. The summed E-state index contributed by atoms with van der Waals surface area (Å²) >= 11 is 1.31. The minimum absolute atomic E-state index is 0.166. The van der Waals surface area contributed by atoms with Crippen molar-refractivity contribution < 1.29 is 4.79 Å². The van der Waals surface area contributed by atoms with E-state index in [0.29, 0.717) is 10.6 Å². The van der Waals surface area contributed by atoms with Crippen molar-refractivity contribution >= 4 is 33.1 Å². The Balaban J connectivity index is 2.03. The van der Waals surface area contributed by atoms with Gasteiger partial charge in [-0.15, -0.1) is 11.3 Å². The minimum atomic E-state index is -0.312. The molecule has 0 fully saturated rings. The molecular weight excluding hydrogens is 308 g/mol. The normalized spacial score (nSPS) is 11.6. The number of nitrogens with one attached hydrogen (secondary N) is 1. The number of carbonyl (C=O) groups is 1. The molecule has 23 heavy (non-hydrogen) atoms. The van der Waals surface area contributed by atoms with Gasteiger partial charge < -0.3 is 11.1 Å². The van der Waals surface area contributed by atoms with Crippen molar-refractivity contribution in [3.63, 3.8) is 0 Å². The van der Waals surface area contributed by atoms with E-state index < -0.39 is 0 Å². The van der Waals surface area contributed by atoms with E-state index in [1.54, 1.807) is 12.4 Å². The summed E-state index contributed by atoms with van der Waals surface area (Å²) in [4.78, 5) is 22.4. The number of nitrogen functional groups attached to an aromatic ring is 1. The molecule has 0 bridgehead atoms. The van der Waals surface area contributed by atoms with Crippen molar-refractivity contribution in [1.29, 1.82) is 0 Å². The van der Waals surface area contributed by atoms with Gasteiger partial charge in [-0.05, 0) is 45.0 Å². The molecule has 0 saturated carbocycles. The lowest BCUT2D eigenvalue weighted by Gasteiger charge is -2.19. The summed E-state index contributed by atoms with van der Waals surface area (Å²) in [7, 11) is 0. The van der Waals surface area contributed by atoms with Gasteiger partial charge in [-0.2, -0.15) is 0 Å². The standard InChI is InChI=1S/C17H18N4OS/c1-17(2,3)21-15(22)14-13(18)11-6-7-12(20-16(11)23-14)10-5-4-8-19-9-10/h4-9H,18H2,1-3H3,(H,21,22). The highest BCUT2D eigenvalue weighted by Crippen LogP contribution is 2.34. The van der Waals surface area contributed by atoms with Gasteiger partial charge in [-0.25, -0.2) is 4.98 Å². The molecule has 0 radical (unpaired) electrons. The zero-order valence-corrected chi connectivity index (χ0v) is 14.1. The lowest BCUT2D eigenvalue weighted by molar-refractivity contribution is 0.0924. The molecule has 0 spiro atoms. The number of amides is 1. The summed E-state index contributed by atoms with van der Waals surface area (Å²) in [5.74, 6) is -0.166. The second-order valence-electron chi connectivity index (χ2n) is 6.34. The molecule has 0 aliphatic heterocycles. The van der Waals surface area contributed by atoms with Gasteiger partial charge in [0.25, 0.3) is 5.91 Å². The first-order valence-electron chi connectivity index (χ1n) is 7.27. The lowest BCUT2D eigenvalue weighted by Crippen LogP contribution is -2.40. The molecule has 0 atom stereocenters. The van der Waals surface area contributed by atoms with E-state index in [2.05, 4.69) is 15.3 Å². The maximum Gasteiger partial charge on any atom is 0.263 e. The van der Waals surface area contributed by atoms with Gasteiger partial charge in [0.1, 0.15) is 9.71 Å². The summed E-state index contributed by atoms with van der Waals surface area (Å²) in [6, 6.07) is 7.62. The van der Waals surface area contributed by atoms with Crippen LogP contribution in [0.1, 0.15) is 30.4 Å². The molecule has 3 aromatic heterocycles. The smallest absolute Gasteiger partial charge is 0.263 e. The van der Waals surface area contributed by atoms with E-state index in [1.807, 2.05) is 45.0 Å². The molecule has 3 rings (SSSR count). The third-order valence-electron chi connectivity index (χ3n) is 3.25. The molecule has 0 unspecified atom stereocenters. The van der Waals surface area contributed by atoms with Crippen LogP contribution in [0.5, 0.6) is 0 Å². The van der Waals surface area contributed by atoms with Crippen molar-refractivity contribution in [2.75, 3.05) is 5.73 Å². The molecule has 3 aromatic rings.